The Morgan fingerprint density at radius 2 is 1.89 bits per heavy atom. The number of ether oxygens (including phenoxy) is 1. The van der Waals surface area contributed by atoms with Gasteiger partial charge in [-0.15, -0.1) is 0 Å². The van der Waals surface area contributed by atoms with Gasteiger partial charge in [-0.1, -0.05) is 30.3 Å². The molecular formula is C28H28FN7O2. The summed E-state index contributed by atoms with van der Waals surface area (Å²) in [4.78, 5) is 29.2. The third-order valence-corrected chi connectivity index (χ3v) is 6.35. The summed E-state index contributed by atoms with van der Waals surface area (Å²) in [6.45, 7) is 7.28. The first-order chi connectivity index (χ1) is 18.2. The molecule has 4 aromatic rings. The number of rotatable bonds is 3. The lowest BCUT2D eigenvalue weighted by molar-refractivity contribution is 0.00566. The van der Waals surface area contributed by atoms with E-state index in [0.29, 0.717) is 28.2 Å². The molecule has 0 aliphatic carbocycles. The van der Waals surface area contributed by atoms with Crippen molar-refractivity contribution in [3.8, 4) is 23.0 Å². The van der Waals surface area contributed by atoms with E-state index in [1.54, 1.807) is 48.6 Å². The average molecular weight is 514 g/mol. The molecule has 2 atom stereocenters. The molecule has 0 radical (unpaired) electrons. The molecular weight excluding hydrogens is 485 g/mol. The van der Waals surface area contributed by atoms with Crippen LogP contribution < -0.4 is 4.90 Å². The van der Waals surface area contributed by atoms with Crippen LogP contribution in [0.2, 0.25) is 0 Å². The van der Waals surface area contributed by atoms with Crippen molar-refractivity contribution in [1.29, 1.82) is 5.26 Å². The highest BCUT2D eigenvalue weighted by Crippen LogP contribution is 2.38. The normalized spacial score (nSPS) is 17.9. The first kappa shape index (κ1) is 25.1. The van der Waals surface area contributed by atoms with Crippen molar-refractivity contribution < 1.29 is 13.9 Å². The van der Waals surface area contributed by atoms with Gasteiger partial charge in [-0.3, -0.25) is 9.47 Å². The van der Waals surface area contributed by atoms with Crippen LogP contribution in [-0.4, -0.2) is 61.5 Å². The van der Waals surface area contributed by atoms with Crippen molar-refractivity contribution in [3.63, 3.8) is 0 Å². The Kier molecular flexibility index (Phi) is 6.45. The maximum Gasteiger partial charge on any atom is 0.410 e. The zero-order valence-corrected chi connectivity index (χ0v) is 21.7. The minimum absolute atomic E-state index is 0.158. The van der Waals surface area contributed by atoms with Gasteiger partial charge in [0, 0.05) is 24.5 Å². The molecule has 38 heavy (non-hydrogen) atoms. The summed E-state index contributed by atoms with van der Waals surface area (Å²) >= 11 is 0. The number of hydrogen-bond donors (Lipinski definition) is 0. The summed E-state index contributed by atoms with van der Waals surface area (Å²) < 4.78 is 23.1. The zero-order valence-electron chi connectivity index (χ0n) is 21.7. The van der Waals surface area contributed by atoms with Crippen LogP contribution in [0.3, 0.4) is 0 Å². The van der Waals surface area contributed by atoms with Gasteiger partial charge in [0.05, 0.1) is 29.6 Å². The Balaban J connectivity index is 1.61. The Labute approximate surface area is 220 Å². The van der Waals surface area contributed by atoms with Crippen LogP contribution >= 0.6 is 0 Å². The number of anilines is 1. The van der Waals surface area contributed by atoms with Crippen LogP contribution in [0.25, 0.3) is 28.0 Å². The van der Waals surface area contributed by atoms with Crippen molar-refractivity contribution in [3.05, 3.63) is 66.7 Å². The quantitative estimate of drug-likeness (QED) is 0.352. The van der Waals surface area contributed by atoms with E-state index in [0.717, 1.165) is 11.1 Å². The fraction of sp³-hybridized carbons (Fsp3) is 0.321. The molecule has 9 nitrogen and oxygen atoms in total. The summed E-state index contributed by atoms with van der Waals surface area (Å²) in [6, 6.07) is 14.8. The largest absolute Gasteiger partial charge is 0.444 e. The van der Waals surface area contributed by atoms with Gasteiger partial charge in [-0.25, -0.2) is 24.1 Å². The third-order valence-electron chi connectivity index (χ3n) is 6.35. The number of piperazine rings is 1. The second-order valence-corrected chi connectivity index (χ2v) is 10.3. The van der Waals surface area contributed by atoms with Crippen molar-refractivity contribution in [1.82, 2.24) is 24.4 Å². The maximum atomic E-state index is 15.8. The standard InChI is InChI=1S/C28H28FN7O2/c1-18-14-35(22(29)16-34(18)27(37)38-28(2,3)4)25-24-21(20-8-6-5-7-9-20)15-36(26(24)33-17-32-25)23-12-19(13-30)10-11-31-23/h5-12,15,17-18,22H,14,16H2,1-4H3/t18-,22-/m1/s1. The van der Waals surface area contributed by atoms with Crippen LogP contribution in [0.1, 0.15) is 33.3 Å². The molecule has 194 valence electrons. The van der Waals surface area contributed by atoms with E-state index in [1.165, 1.54) is 11.2 Å². The molecule has 1 aromatic carbocycles. The fourth-order valence-electron chi connectivity index (χ4n) is 4.63. The fourth-order valence-corrected chi connectivity index (χ4v) is 4.63. The van der Waals surface area contributed by atoms with Crippen LogP contribution in [0.5, 0.6) is 0 Å². The molecule has 1 saturated heterocycles. The minimum atomic E-state index is -1.51. The second kappa shape index (κ2) is 9.74. The lowest BCUT2D eigenvalue weighted by Gasteiger charge is -2.42. The molecule has 3 aromatic heterocycles. The number of nitriles is 1. The van der Waals surface area contributed by atoms with E-state index < -0.39 is 18.0 Å². The molecule has 1 aliphatic rings. The highest BCUT2D eigenvalue weighted by atomic mass is 19.1. The summed E-state index contributed by atoms with van der Waals surface area (Å²) in [7, 11) is 0. The number of aromatic nitrogens is 4. The summed E-state index contributed by atoms with van der Waals surface area (Å²) in [5.41, 5.74) is 2.02. The van der Waals surface area contributed by atoms with Gasteiger partial charge in [0.1, 0.15) is 23.6 Å². The topological polar surface area (TPSA) is 100 Å². The van der Waals surface area contributed by atoms with E-state index in [2.05, 4.69) is 21.0 Å². The van der Waals surface area contributed by atoms with E-state index >= 15 is 4.39 Å². The summed E-state index contributed by atoms with van der Waals surface area (Å²) in [6.07, 6.45) is 2.80. The highest BCUT2D eigenvalue weighted by molar-refractivity contribution is 6.02. The van der Waals surface area contributed by atoms with E-state index in [4.69, 9.17) is 4.74 Å². The number of nitrogens with zero attached hydrogens (tertiary/aromatic N) is 7. The molecule has 10 heteroatoms. The smallest absolute Gasteiger partial charge is 0.410 e. The van der Waals surface area contributed by atoms with Gasteiger partial charge in [0.15, 0.2) is 11.9 Å². The Bertz CT molecular complexity index is 1520. The monoisotopic (exact) mass is 513 g/mol. The maximum absolute atomic E-state index is 15.8. The molecule has 4 heterocycles. The zero-order chi connectivity index (χ0) is 27.0. The van der Waals surface area contributed by atoms with E-state index in [9.17, 15) is 10.1 Å². The molecule has 1 amide bonds. The number of pyridine rings is 1. The van der Waals surface area contributed by atoms with Gasteiger partial charge in [-0.05, 0) is 45.4 Å². The summed E-state index contributed by atoms with van der Waals surface area (Å²) in [5, 5.41) is 10.1. The van der Waals surface area contributed by atoms with Crippen LogP contribution in [-0.2, 0) is 4.74 Å². The number of fused-ring (bicyclic) bond motifs is 1. The van der Waals surface area contributed by atoms with Crippen LogP contribution in [0.15, 0.2) is 61.2 Å². The van der Waals surface area contributed by atoms with Crippen LogP contribution in [0.4, 0.5) is 15.0 Å². The van der Waals surface area contributed by atoms with E-state index in [-0.39, 0.29) is 19.1 Å². The number of carbonyl (C=O) groups excluding carboxylic acids is 1. The first-order valence-electron chi connectivity index (χ1n) is 12.3. The number of hydrogen-bond acceptors (Lipinski definition) is 7. The lowest BCUT2D eigenvalue weighted by Crippen LogP contribution is -2.58. The number of halogens is 1. The number of benzene rings is 1. The number of amides is 1. The van der Waals surface area contributed by atoms with Gasteiger partial charge in [-0.2, -0.15) is 5.26 Å². The predicted molar refractivity (Wildman–Crippen MR) is 141 cm³/mol. The van der Waals surface area contributed by atoms with Gasteiger partial charge < -0.3 is 9.64 Å². The Hall–Kier alpha value is -4.52. The van der Waals surface area contributed by atoms with Gasteiger partial charge in [0.2, 0.25) is 0 Å². The predicted octanol–water partition coefficient (Wildman–Crippen LogP) is 5.10. The SMILES string of the molecule is C[C@@H]1CN(c2ncnc3c2c(-c2ccccc2)cn3-c2cc(C#N)ccn2)[C@@H](F)CN1C(=O)OC(C)(C)C. The Morgan fingerprint density at radius 3 is 2.61 bits per heavy atom. The highest BCUT2D eigenvalue weighted by Gasteiger charge is 2.38. The number of alkyl halides is 1. The van der Waals surface area contributed by atoms with Gasteiger partial charge >= 0.3 is 6.09 Å². The van der Waals surface area contributed by atoms with Crippen molar-refractivity contribution in [2.45, 2.75) is 45.6 Å². The molecule has 0 N–H and O–H groups in total. The third kappa shape index (κ3) is 4.75. The molecule has 0 saturated carbocycles. The molecule has 0 unspecified atom stereocenters. The molecule has 0 bridgehead atoms. The van der Waals surface area contributed by atoms with Crippen molar-refractivity contribution in [2.24, 2.45) is 0 Å². The summed E-state index contributed by atoms with van der Waals surface area (Å²) in [5.74, 6) is 0.938. The average Bonchev–Trinajstić information content (AvgIpc) is 3.29. The van der Waals surface area contributed by atoms with Gasteiger partial charge in [0.25, 0.3) is 0 Å². The Morgan fingerprint density at radius 1 is 1.13 bits per heavy atom. The number of carbonyl (C=O) groups is 1. The molecule has 1 fully saturated rings. The van der Waals surface area contributed by atoms with Crippen molar-refractivity contribution in [2.75, 3.05) is 18.0 Å². The minimum Gasteiger partial charge on any atom is -0.444 e. The van der Waals surface area contributed by atoms with E-state index in [1.807, 2.05) is 43.5 Å². The van der Waals surface area contributed by atoms with Crippen LogP contribution in [0, 0.1) is 11.3 Å². The first-order valence-corrected chi connectivity index (χ1v) is 12.3. The molecule has 5 rings (SSSR count). The second-order valence-electron chi connectivity index (χ2n) is 10.3. The lowest BCUT2D eigenvalue weighted by atomic mass is 10.1. The molecule has 1 aliphatic heterocycles. The molecule has 0 spiro atoms. The van der Waals surface area contributed by atoms with Crippen molar-refractivity contribution >= 4 is 22.9 Å².